The van der Waals surface area contributed by atoms with Gasteiger partial charge in [0.2, 0.25) is 0 Å². The minimum atomic E-state index is -0.147. The standard InChI is InChI=1S/C21H25N3O3S/c25-20(19-7-3-13-28-19)22-17-5-1-4-16(14-17)21(26)24-8-2-6-18(24)15-23-9-11-27-12-10-23/h1,3-5,7,13-14,18H,2,6,8-12,15H2,(H,22,25)/t18-/m0/s1. The molecule has 0 spiro atoms. The van der Waals surface area contributed by atoms with Crippen LogP contribution in [0.25, 0.3) is 0 Å². The van der Waals surface area contributed by atoms with E-state index in [1.807, 2.05) is 34.5 Å². The molecule has 1 N–H and O–H groups in total. The number of ether oxygens (including phenoxy) is 1. The average Bonchev–Trinajstić information content (AvgIpc) is 3.41. The molecule has 2 amide bonds. The van der Waals surface area contributed by atoms with Gasteiger partial charge in [0.15, 0.2) is 0 Å². The summed E-state index contributed by atoms with van der Waals surface area (Å²) in [6.45, 7) is 5.11. The van der Waals surface area contributed by atoms with Gasteiger partial charge in [0.1, 0.15) is 0 Å². The summed E-state index contributed by atoms with van der Waals surface area (Å²) < 4.78 is 5.42. The van der Waals surface area contributed by atoms with Crippen molar-refractivity contribution in [3.05, 3.63) is 52.2 Å². The summed E-state index contributed by atoms with van der Waals surface area (Å²) in [6.07, 6.45) is 2.08. The van der Waals surface area contributed by atoms with Gasteiger partial charge in [0, 0.05) is 43.5 Å². The normalized spacial score (nSPS) is 20.3. The highest BCUT2D eigenvalue weighted by Crippen LogP contribution is 2.23. The van der Waals surface area contributed by atoms with Crippen molar-refractivity contribution in [1.82, 2.24) is 9.80 Å². The van der Waals surface area contributed by atoms with Crippen molar-refractivity contribution in [2.45, 2.75) is 18.9 Å². The Morgan fingerprint density at radius 1 is 1.14 bits per heavy atom. The maximum atomic E-state index is 13.1. The van der Waals surface area contributed by atoms with Crippen molar-refractivity contribution in [3.63, 3.8) is 0 Å². The van der Waals surface area contributed by atoms with Gasteiger partial charge >= 0.3 is 0 Å². The molecular weight excluding hydrogens is 374 g/mol. The maximum Gasteiger partial charge on any atom is 0.265 e. The Hall–Kier alpha value is -2.22. The Morgan fingerprint density at radius 2 is 2.00 bits per heavy atom. The number of nitrogens with zero attached hydrogens (tertiary/aromatic N) is 2. The predicted octanol–water partition coefficient (Wildman–Crippen LogP) is 2.94. The zero-order valence-corrected chi connectivity index (χ0v) is 16.6. The van der Waals surface area contributed by atoms with Crippen LogP contribution in [0.5, 0.6) is 0 Å². The van der Waals surface area contributed by atoms with Crippen LogP contribution >= 0.6 is 11.3 Å². The molecule has 0 radical (unpaired) electrons. The molecule has 0 aliphatic carbocycles. The molecular formula is C21H25N3O3S. The van der Waals surface area contributed by atoms with E-state index in [2.05, 4.69) is 10.2 Å². The Morgan fingerprint density at radius 3 is 2.79 bits per heavy atom. The van der Waals surface area contributed by atoms with Crippen LogP contribution in [0, 0.1) is 0 Å². The second-order valence-electron chi connectivity index (χ2n) is 7.22. The zero-order valence-electron chi connectivity index (χ0n) is 15.8. The van der Waals surface area contributed by atoms with Crippen LogP contribution in [0.15, 0.2) is 41.8 Å². The number of rotatable bonds is 5. The van der Waals surface area contributed by atoms with E-state index in [0.29, 0.717) is 16.1 Å². The average molecular weight is 400 g/mol. The molecule has 2 aromatic rings. The van der Waals surface area contributed by atoms with E-state index < -0.39 is 0 Å². The third-order valence-corrected chi connectivity index (χ3v) is 6.19. The molecule has 2 aliphatic rings. The highest BCUT2D eigenvalue weighted by Gasteiger charge is 2.31. The van der Waals surface area contributed by atoms with Gasteiger partial charge in [-0.05, 0) is 42.5 Å². The van der Waals surface area contributed by atoms with Crippen molar-refractivity contribution in [2.24, 2.45) is 0 Å². The first-order valence-electron chi connectivity index (χ1n) is 9.77. The second kappa shape index (κ2) is 8.86. The number of amides is 2. The molecule has 2 saturated heterocycles. The Balaban J connectivity index is 1.42. The quantitative estimate of drug-likeness (QED) is 0.840. The van der Waals surface area contributed by atoms with Crippen molar-refractivity contribution < 1.29 is 14.3 Å². The lowest BCUT2D eigenvalue weighted by Gasteiger charge is -2.33. The highest BCUT2D eigenvalue weighted by molar-refractivity contribution is 7.12. The summed E-state index contributed by atoms with van der Waals surface area (Å²) in [4.78, 5) is 30.4. The van der Waals surface area contributed by atoms with Crippen molar-refractivity contribution in [2.75, 3.05) is 44.7 Å². The maximum absolute atomic E-state index is 13.1. The number of hydrogen-bond acceptors (Lipinski definition) is 5. The monoisotopic (exact) mass is 399 g/mol. The number of thiophene rings is 1. The van der Waals surface area contributed by atoms with E-state index in [-0.39, 0.29) is 17.9 Å². The molecule has 1 aromatic heterocycles. The lowest BCUT2D eigenvalue weighted by Crippen LogP contribution is -2.46. The Bertz CT molecular complexity index is 818. The van der Waals surface area contributed by atoms with E-state index in [1.165, 1.54) is 11.3 Å². The van der Waals surface area contributed by atoms with Crippen molar-refractivity contribution in [3.8, 4) is 0 Å². The van der Waals surface area contributed by atoms with Crippen LogP contribution in [0.1, 0.15) is 32.9 Å². The topological polar surface area (TPSA) is 61.9 Å². The van der Waals surface area contributed by atoms with Crippen LogP contribution in [-0.4, -0.2) is 67.0 Å². The number of likely N-dealkylation sites (tertiary alicyclic amines) is 1. The second-order valence-corrected chi connectivity index (χ2v) is 8.17. The molecule has 2 aliphatic heterocycles. The highest BCUT2D eigenvalue weighted by atomic mass is 32.1. The summed E-state index contributed by atoms with van der Waals surface area (Å²) in [5, 5.41) is 4.76. The van der Waals surface area contributed by atoms with Gasteiger partial charge in [-0.25, -0.2) is 0 Å². The minimum Gasteiger partial charge on any atom is -0.379 e. The minimum absolute atomic E-state index is 0.0444. The summed E-state index contributed by atoms with van der Waals surface area (Å²) in [5.74, 6) is -0.103. The van der Waals surface area contributed by atoms with E-state index in [1.54, 1.807) is 12.1 Å². The molecule has 0 saturated carbocycles. The first-order chi connectivity index (χ1) is 13.7. The number of benzene rings is 1. The number of carbonyl (C=O) groups is 2. The molecule has 0 bridgehead atoms. The van der Waals surface area contributed by atoms with Crippen LogP contribution < -0.4 is 5.32 Å². The molecule has 6 nitrogen and oxygen atoms in total. The van der Waals surface area contributed by atoms with Gasteiger partial charge < -0.3 is 15.0 Å². The SMILES string of the molecule is O=C(Nc1cccc(C(=O)N2CCC[C@H]2CN2CCOCC2)c1)c1cccs1. The molecule has 1 aromatic carbocycles. The summed E-state index contributed by atoms with van der Waals surface area (Å²) in [6, 6.07) is 11.1. The number of morpholine rings is 1. The predicted molar refractivity (Wildman–Crippen MR) is 110 cm³/mol. The Kier molecular flexibility index (Phi) is 6.04. The first kappa shape index (κ1) is 19.1. The summed E-state index contributed by atoms with van der Waals surface area (Å²) >= 11 is 1.40. The number of anilines is 1. The number of hydrogen-bond donors (Lipinski definition) is 1. The Labute approximate surface area is 169 Å². The van der Waals surface area contributed by atoms with Gasteiger partial charge in [-0.2, -0.15) is 0 Å². The molecule has 1 atom stereocenters. The van der Waals surface area contributed by atoms with Crippen LogP contribution in [0.3, 0.4) is 0 Å². The third kappa shape index (κ3) is 4.43. The lowest BCUT2D eigenvalue weighted by molar-refractivity contribution is 0.0261. The van der Waals surface area contributed by atoms with E-state index in [0.717, 1.165) is 52.2 Å². The summed E-state index contributed by atoms with van der Waals surface area (Å²) in [7, 11) is 0. The lowest BCUT2D eigenvalue weighted by atomic mass is 10.1. The molecule has 28 heavy (non-hydrogen) atoms. The molecule has 7 heteroatoms. The van der Waals surface area contributed by atoms with E-state index >= 15 is 0 Å². The van der Waals surface area contributed by atoms with Crippen LogP contribution in [-0.2, 0) is 4.74 Å². The van der Waals surface area contributed by atoms with Gasteiger partial charge in [0.25, 0.3) is 11.8 Å². The number of carbonyl (C=O) groups excluding carboxylic acids is 2. The third-order valence-electron chi connectivity index (χ3n) is 5.32. The van der Waals surface area contributed by atoms with Gasteiger partial charge in [-0.15, -0.1) is 11.3 Å². The van der Waals surface area contributed by atoms with Gasteiger partial charge in [-0.3, -0.25) is 14.5 Å². The number of nitrogens with one attached hydrogen (secondary N) is 1. The largest absolute Gasteiger partial charge is 0.379 e. The van der Waals surface area contributed by atoms with Crippen molar-refractivity contribution in [1.29, 1.82) is 0 Å². The molecule has 3 heterocycles. The van der Waals surface area contributed by atoms with E-state index in [9.17, 15) is 9.59 Å². The molecule has 4 rings (SSSR count). The van der Waals surface area contributed by atoms with Gasteiger partial charge in [-0.1, -0.05) is 12.1 Å². The first-order valence-corrected chi connectivity index (χ1v) is 10.6. The van der Waals surface area contributed by atoms with Crippen molar-refractivity contribution >= 4 is 28.8 Å². The fraction of sp³-hybridized carbons (Fsp3) is 0.429. The zero-order chi connectivity index (χ0) is 19.3. The van der Waals surface area contributed by atoms with Crippen LogP contribution in [0.2, 0.25) is 0 Å². The van der Waals surface area contributed by atoms with Gasteiger partial charge in [0.05, 0.1) is 18.1 Å². The fourth-order valence-corrected chi connectivity index (χ4v) is 4.49. The smallest absolute Gasteiger partial charge is 0.265 e. The summed E-state index contributed by atoms with van der Waals surface area (Å²) in [5.41, 5.74) is 1.27. The molecule has 148 valence electrons. The van der Waals surface area contributed by atoms with E-state index in [4.69, 9.17) is 4.74 Å². The molecule has 2 fully saturated rings. The fourth-order valence-electron chi connectivity index (χ4n) is 3.87. The molecule has 0 unspecified atom stereocenters. The van der Waals surface area contributed by atoms with Crippen LogP contribution in [0.4, 0.5) is 5.69 Å².